The molecule has 0 unspecified atom stereocenters. The van der Waals surface area contributed by atoms with Crippen LogP contribution in [0.15, 0.2) is 16.3 Å². The molecule has 6 heteroatoms. The van der Waals surface area contributed by atoms with Gasteiger partial charge >= 0.3 is 59.0 Å². The summed E-state index contributed by atoms with van der Waals surface area (Å²) in [4.78, 5) is 0.868. The van der Waals surface area contributed by atoms with Gasteiger partial charge in [-0.3, -0.25) is 4.55 Å². The molecule has 0 aliphatic carbocycles. The van der Waals surface area contributed by atoms with E-state index in [9.17, 15) is 8.42 Å². The summed E-state index contributed by atoms with van der Waals surface area (Å²) in [6.45, 7) is 1.78. The molecule has 0 aliphatic heterocycles. The summed E-state index contributed by atoms with van der Waals surface area (Å²) >= 11 is 1.06. The molecule has 1 rings (SSSR count). The fraction of sp³-hybridized carbons (Fsp3) is 0.200. The Balaban J connectivity index is 0.000001000. The first-order chi connectivity index (χ1) is 4.50. The van der Waals surface area contributed by atoms with E-state index in [0.29, 0.717) is 0 Å². The Morgan fingerprint density at radius 1 is 1.45 bits per heavy atom. The van der Waals surface area contributed by atoms with Crippen molar-refractivity contribution in [2.75, 3.05) is 0 Å². The molecule has 0 fully saturated rings. The summed E-state index contributed by atoms with van der Waals surface area (Å²) in [5, 5.41) is 0. The number of thiophene rings is 1. The number of hydrogen-bond acceptors (Lipinski definition) is 3. The normalized spacial score (nSPS) is 10.7. The molecule has 0 saturated heterocycles. The monoisotopic (exact) mass is 318 g/mol. The van der Waals surface area contributed by atoms with Gasteiger partial charge in [0.15, 0.2) is 0 Å². The van der Waals surface area contributed by atoms with Crippen molar-refractivity contribution in [3.63, 3.8) is 0 Å². The molecule has 0 atom stereocenters. The van der Waals surface area contributed by atoms with E-state index < -0.39 is 10.1 Å². The zero-order valence-corrected chi connectivity index (χ0v) is 6.87. The second-order valence-electron chi connectivity index (χ2n) is 1.84. The van der Waals surface area contributed by atoms with E-state index in [1.54, 1.807) is 13.0 Å². The summed E-state index contributed by atoms with van der Waals surface area (Å²) in [5.41, 5.74) is 0. The molecule has 1 aromatic rings. The minimum atomic E-state index is -3.96. The molecule has 1 heterocycles. The molecule has 11 heavy (non-hydrogen) atoms. The molecule has 1 aromatic heterocycles. The maximum atomic E-state index is 10.4. The van der Waals surface area contributed by atoms with Gasteiger partial charge in [-0.15, -0.1) is 11.3 Å². The maximum absolute atomic E-state index is 10.4. The van der Waals surface area contributed by atoms with Crippen LogP contribution >= 0.6 is 11.3 Å². The molecule has 0 radical (unpaired) electrons. The van der Waals surface area contributed by atoms with Crippen LogP contribution in [0.3, 0.4) is 0 Å². The van der Waals surface area contributed by atoms with E-state index in [1.807, 2.05) is 0 Å². The molecule has 0 amide bonds. The molecular formula is C5H8BaO3S2. The van der Waals surface area contributed by atoms with Crippen molar-refractivity contribution in [3.05, 3.63) is 17.0 Å². The van der Waals surface area contributed by atoms with Crippen LogP contribution in [0, 0.1) is 6.92 Å². The number of rotatable bonds is 1. The predicted molar refractivity (Wildman–Crippen MR) is 47.4 cm³/mol. The van der Waals surface area contributed by atoms with Gasteiger partial charge in [-0.05, 0) is 19.1 Å². The second kappa shape index (κ2) is 4.43. The minimum absolute atomic E-state index is 0. The molecule has 0 bridgehead atoms. The van der Waals surface area contributed by atoms with Gasteiger partial charge in [-0.1, -0.05) is 0 Å². The van der Waals surface area contributed by atoms with Crippen LogP contribution in [0.1, 0.15) is 4.88 Å². The predicted octanol–water partition coefficient (Wildman–Crippen LogP) is 0.387. The second-order valence-corrected chi connectivity index (χ2v) is 4.78. The Kier molecular flexibility index (Phi) is 4.90. The third-order valence-electron chi connectivity index (χ3n) is 0.970. The fourth-order valence-electron chi connectivity index (χ4n) is 0.551. The van der Waals surface area contributed by atoms with Gasteiger partial charge in [0, 0.05) is 4.88 Å². The Labute approximate surface area is 110 Å². The van der Waals surface area contributed by atoms with Gasteiger partial charge in [0.2, 0.25) is 0 Å². The molecule has 0 spiro atoms. The van der Waals surface area contributed by atoms with Crippen LogP contribution < -0.4 is 0 Å². The Hall–Kier alpha value is 1.18. The van der Waals surface area contributed by atoms with Crippen molar-refractivity contribution >= 4 is 70.3 Å². The topological polar surface area (TPSA) is 54.4 Å². The average Bonchev–Trinajstić information content (AvgIpc) is 2.11. The zero-order valence-electron chi connectivity index (χ0n) is 5.23. The summed E-state index contributed by atoms with van der Waals surface area (Å²) in [6.07, 6.45) is 0. The van der Waals surface area contributed by atoms with E-state index in [0.717, 1.165) is 16.2 Å². The first kappa shape index (κ1) is 12.2. The third-order valence-corrected chi connectivity index (χ3v) is 3.29. The molecule has 60 valence electrons. The Morgan fingerprint density at radius 2 is 2.00 bits per heavy atom. The molecule has 1 N–H and O–H groups in total. The van der Waals surface area contributed by atoms with Crippen molar-refractivity contribution in [1.82, 2.24) is 0 Å². The van der Waals surface area contributed by atoms with E-state index in [1.165, 1.54) is 6.07 Å². The first-order valence-electron chi connectivity index (χ1n) is 2.54. The van der Waals surface area contributed by atoms with Gasteiger partial charge in [0.05, 0.1) is 0 Å². The standard InChI is InChI=1S/C5H6O3S2.Ba.2H/c1-4-2-3-5(9-4)10(6,7)8;;;/h2-3H,1H3,(H,6,7,8);;;. The van der Waals surface area contributed by atoms with E-state index in [-0.39, 0.29) is 53.1 Å². The molecule has 0 aromatic carbocycles. The van der Waals surface area contributed by atoms with Crippen molar-refractivity contribution in [2.24, 2.45) is 0 Å². The van der Waals surface area contributed by atoms with E-state index in [2.05, 4.69) is 0 Å². The first-order valence-corrected chi connectivity index (χ1v) is 4.80. The Morgan fingerprint density at radius 3 is 2.18 bits per heavy atom. The van der Waals surface area contributed by atoms with E-state index in [4.69, 9.17) is 4.55 Å². The molecule has 0 aliphatic rings. The van der Waals surface area contributed by atoms with Crippen LogP contribution in [0.2, 0.25) is 0 Å². The summed E-state index contributed by atoms with van der Waals surface area (Å²) in [7, 11) is -3.96. The fourth-order valence-corrected chi connectivity index (χ4v) is 2.20. The van der Waals surface area contributed by atoms with Crippen LogP contribution in [0.5, 0.6) is 0 Å². The molecule has 0 saturated carbocycles. The Bertz CT molecular complexity index is 327. The average molecular weight is 318 g/mol. The summed E-state index contributed by atoms with van der Waals surface area (Å²) < 4.78 is 29.3. The van der Waals surface area contributed by atoms with Crippen LogP contribution in [0.4, 0.5) is 0 Å². The van der Waals surface area contributed by atoms with Gasteiger partial charge in [0.25, 0.3) is 0 Å². The summed E-state index contributed by atoms with van der Waals surface area (Å²) in [6, 6.07) is 3.03. The van der Waals surface area contributed by atoms with Crippen LogP contribution in [-0.2, 0) is 10.1 Å². The van der Waals surface area contributed by atoms with Crippen LogP contribution in [-0.4, -0.2) is 61.9 Å². The number of aryl methyl sites for hydroxylation is 1. The van der Waals surface area contributed by atoms with Gasteiger partial charge < -0.3 is 0 Å². The van der Waals surface area contributed by atoms with Crippen molar-refractivity contribution in [3.8, 4) is 0 Å². The quantitative estimate of drug-likeness (QED) is 0.602. The summed E-state index contributed by atoms with van der Waals surface area (Å²) in [5.74, 6) is 0. The van der Waals surface area contributed by atoms with Gasteiger partial charge in [-0.2, -0.15) is 8.42 Å². The molecule has 3 nitrogen and oxygen atoms in total. The molecular weight excluding hydrogens is 310 g/mol. The van der Waals surface area contributed by atoms with Crippen LogP contribution in [0.25, 0.3) is 0 Å². The van der Waals surface area contributed by atoms with Gasteiger partial charge in [-0.25, -0.2) is 0 Å². The SMILES string of the molecule is Cc1ccc(S(=O)(=O)O)s1.[BaH2]. The van der Waals surface area contributed by atoms with Crippen molar-refractivity contribution in [1.29, 1.82) is 0 Å². The van der Waals surface area contributed by atoms with Crippen molar-refractivity contribution in [2.45, 2.75) is 11.1 Å². The zero-order chi connectivity index (χ0) is 7.78. The van der Waals surface area contributed by atoms with Crippen molar-refractivity contribution < 1.29 is 13.0 Å². The third kappa shape index (κ3) is 3.60. The van der Waals surface area contributed by atoms with Gasteiger partial charge in [0.1, 0.15) is 4.21 Å². The van der Waals surface area contributed by atoms with E-state index >= 15 is 0 Å². The number of hydrogen-bond donors (Lipinski definition) is 1.